The first kappa shape index (κ1) is 23.4. The Morgan fingerprint density at radius 2 is 1.73 bits per heavy atom. The van der Waals surface area contributed by atoms with Crippen LogP contribution < -0.4 is 4.90 Å². The van der Waals surface area contributed by atoms with Gasteiger partial charge in [0.2, 0.25) is 5.91 Å². The lowest BCUT2D eigenvalue weighted by molar-refractivity contribution is -0.118. The molecule has 0 unspecified atom stereocenters. The third kappa shape index (κ3) is 5.61. The van der Waals surface area contributed by atoms with Gasteiger partial charge < -0.3 is 0 Å². The normalized spacial score (nSPS) is 11.6. The fourth-order valence-electron chi connectivity index (χ4n) is 3.53. The van der Waals surface area contributed by atoms with Gasteiger partial charge in [0.15, 0.2) is 15.0 Å². The molecule has 0 bridgehead atoms. The number of amides is 1. The van der Waals surface area contributed by atoms with Crippen LogP contribution in [0.3, 0.4) is 0 Å². The number of anilines is 1. The Morgan fingerprint density at radius 1 is 1.00 bits per heavy atom. The Labute approximate surface area is 202 Å². The Hall–Kier alpha value is -2.74. The minimum absolute atomic E-state index is 0.106. The van der Waals surface area contributed by atoms with E-state index in [1.807, 2.05) is 55.5 Å². The lowest BCUT2D eigenvalue weighted by Crippen LogP contribution is -2.30. The molecule has 4 aromatic rings. The van der Waals surface area contributed by atoms with Gasteiger partial charge in [0.1, 0.15) is 0 Å². The van der Waals surface area contributed by atoms with Crippen LogP contribution in [0.1, 0.15) is 24.0 Å². The van der Waals surface area contributed by atoms with Gasteiger partial charge in [0.05, 0.1) is 27.4 Å². The number of nitrogens with zero attached hydrogens (tertiary/aromatic N) is 2. The van der Waals surface area contributed by atoms with Gasteiger partial charge in [-0.05, 0) is 54.8 Å². The highest BCUT2D eigenvalue weighted by molar-refractivity contribution is 7.91. The van der Waals surface area contributed by atoms with Gasteiger partial charge >= 0.3 is 0 Å². The number of aryl methyl sites for hydroxylation is 1. The van der Waals surface area contributed by atoms with Gasteiger partial charge in [-0.1, -0.05) is 65.4 Å². The van der Waals surface area contributed by atoms with Gasteiger partial charge in [-0.2, -0.15) is 0 Å². The second kappa shape index (κ2) is 10.0. The van der Waals surface area contributed by atoms with Crippen molar-refractivity contribution in [3.05, 3.63) is 88.9 Å². The number of aromatic nitrogens is 1. The molecule has 0 aliphatic carbocycles. The van der Waals surface area contributed by atoms with Crippen LogP contribution in [-0.2, 0) is 21.2 Å². The van der Waals surface area contributed by atoms with Crippen molar-refractivity contribution in [1.82, 2.24) is 4.98 Å². The van der Waals surface area contributed by atoms with Crippen molar-refractivity contribution in [2.75, 3.05) is 10.7 Å². The Morgan fingerprint density at radius 3 is 2.42 bits per heavy atom. The summed E-state index contributed by atoms with van der Waals surface area (Å²) in [5.41, 5.74) is 2.92. The first-order valence-corrected chi connectivity index (χ1v) is 13.4. The average Bonchev–Trinajstić information content (AvgIpc) is 3.23. The van der Waals surface area contributed by atoms with Crippen LogP contribution in [0.5, 0.6) is 0 Å². The van der Waals surface area contributed by atoms with Crippen LogP contribution in [0.25, 0.3) is 10.2 Å². The number of hydrogen-bond donors (Lipinski definition) is 0. The molecule has 0 aliphatic rings. The maximum absolute atomic E-state index is 13.3. The third-order valence-electron chi connectivity index (χ3n) is 5.30. The molecule has 1 heterocycles. The molecule has 33 heavy (non-hydrogen) atoms. The number of fused-ring (bicyclic) bond motifs is 1. The smallest absolute Gasteiger partial charge is 0.229 e. The molecule has 0 spiro atoms. The SMILES string of the molecule is Cc1cccc2sc(N(Cc3ccccc3)C(=O)CCCS(=O)(=O)c3ccc(Cl)cc3)nc12. The average molecular weight is 499 g/mol. The van der Waals surface area contributed by atoms with E-state index < -0.39 is 9.84 Å². The molecule has 0 radical (unpaired) electrons. The van der Waals surface area contributed by atoms with E-state index in [1.54, 1.807) is 17.0 Å². The van der Waals surface area contributed by atoms with Crippen LogP contribution in [0, 0.1) is 6.92 Å². The predicted octanol–water partition coefficient (Wildman–Crippen LogP) is 6.05. The molecule has 4 rings (SSSR count). The quantitative estimate of drug-likeness (QED) is 0.297. The minimum atomic E-state index is -3.49. The molecule has 0 saturated carbocycles. The van der Waals surface area contributed by atoms with Gasteiger partial charge in [-0.3, -0.25) is 9.69 Å². The first-order valence-electron chi connectivity index (χ1n) is 10.5. The van der Waals surface area contributed by atoms with Gasteiger partial charge in [0.25, 0.3) is 0 Å². The highest BCUT2D eigenvalue weighted by Crippen LogP contribution is 2.32. The molecule has 3 aromatic carbocycles. The zero-order valence-electron chi connectivity index (χ0n) is 18.1. The molecule has 5 nitrogen and oxygen atoms in total. The van der Waals surface area contributed by atoms with E-state index in [9.17, 15) is 13.2 Å². The van der Waals surface area contributed by atoms with E-state index in [0.29, 0.717) is 16.7 Å². The molecular formula is C25H23ClN2O3S2. The van der Waals surface area contributed by atoms with E-state index in [4.69, 9.17) is 16.6 Å². The fraction of sp³-hybridized carbons (Fsp3) is 0.200. The van der Waals surface area contributed by atoms with E-state index >= 15 is 0 Å². The number of thiazole rings is 1. The Bertz CT molecular complexity index is 1370. The molecule has 0 atom stereocenters. The summed E-state index contributed by atoms with van der Waals surface area (Å²) >= 11 is 7.32. The van der Waals surface area contributed by atoms with Gasteiger partial charge in [0, 0.05) is 11.4 Å². The molecule has 0 saturated heterocycles. The summed E-state index contributed by atoms with van der Waals surface area (Å²) in [5.74, 6) is -0.264. The van der Waals surface area contributed by atoms with Crippen molar-refractivity contribution in [3.8, 4) is 0 Å². The second-order valence-electron chi connectivity index (χ2n) is 7.76. The van der Waals surface area contributed by atoms with Crippen LogP contribution in [-0.4, -0.2) is 25.1 Å². The third-order valence-corrected chi connectivity index (χ3v) is 8.41. The fourth-order valence-corrected chi connectivity index (χ4v) is 6.02. The minimum Gasteiger partial charge on any atom is -0.284 e. The molecule has 0 aliphatic heterocycles. The van der Waals surface area contributed by atoms with Crippen LogP contribution in [0.4, 0.5) is 5.13 Å². The lowest BCUT2D eigenvalue weighted by Gasteiger charge is -2.20. The van der Waals surface area contributed by atoms with E-state index in [-0.39, 0.29) is 29.4 Å². The Balaban J connectivity index is 1.53. The number of benzene rings is 3. The van der Waals surface area contributed by atoms with Crippen molar-refractivity contribution in [1.29, 1.82) is 0 Å². The van der Waals surface area contributed by atoms with Gasteiger partial charge in [-0.25, -0.2) is 13.4 Å². The summed E-state index contributed by atoms with van der Waals surface area (Å²) < 4.78 is 26.3. The summed E-state index contributed by atoms with van der Waals surface area (Å²) in [6.45, 7) is 2.37. The summed E-state index contributed by atoms with van der Waals surface area (Å²) in [4.78, 5) is 19.9. The van der Waals surface area contributed by atoms with Crippen molar-refractivity contribution in [2.24, 2.45) is 0 Å². The summed E-state index contributed by atoms with van der Waals surface area (Å²) in [7, 11) is -3.49. The number of sulfone groups is 1. The highest BCUT2D eigenvalue weighted by atomic mass is 35.5. The number of rotatable bonds is 8. The van der Waals surface area contributed by atoms with Crippen molar-refractivity contribution in [2.45, 2.75) is 31.2 Å². The number of carbonyl (C=O) groups is 1. The standard InChI is InChI=1S/C25H23ClN2O3S2/c1-18-7-5-10-22-24(18)27-25(32-22)28(17-19-8-3-2-4-9-19)23(29)11-6-16-33(30,31)21-14-12-20(26)13-15-21/h2-5,7-10,12-15H,6,11,16-17H2,1H3. The summed E-state index contributed by atoms with van der Waals surface area (Å²) in [6, 6.07) is 21.8. The van der Waals surface area contributed by atoms with Crippen molar-refractivity contribution in [3.63, 3.8) is 0 Å². The van der Waals surface area contributed by atoms with E-state index in [0.717, 1.165) is 21.3 Å². The molecule has 0 N–H and O–H groups in total. The van der Waals surface area contributed by atoms with E-state index in [2.05, 4.69) is 0 Å². The van der Waals surface area contributed by atoms with Crippen LogP contribution in [0.15, 0.2) is 77.7 Å². The maximum atomic E-state index is 13.3. The van der Waals surface area contributed by atoms with Crippen LogP contribution >= 0.6 is 22.9 Å². The Kier molecular flexibility index (Phi) is 7.12. The largest absolute Gasteiger partial charge is 0.284 e. The molecule has 8 heteroatoms. The molecule has 1 amide bonds. The zero-order valence-corrected chi connectivity index (χ0v) is 20.5. The molecule has 170 valence electrons. The molecular weight excluding hydrogens is 476 g/mol. The van der Waals surface area contributed by atoms with Crippen molar-refractivity contribution >= 4 is 54.0 Å². The summed E-state index contributed by atoms with van der Waals surface area (Å²) in [5, 5.41) is 1.10. The molecule has 1 aromatic heterocycles. The van der Waals surface area contributed by atoms with Gasteiger partial charge in [-0.15, -0.1) is 0 Å². The van der Waals surface area contributed by atoms with Crippen LogP contribution in [0.2, 0.25) is 5.02 Å². The number of hydrogen-bond acceptors (Lipinski definition) is 5. The van der Waals surface area contributed by atoms with Crippen molar-refractivity contribution < 1.29 is 13.2 Å². The molecule has 0 fully saturated rings. The zero-order chi connectivity index (χ0) is 23.4. The number of para-hydroxylation sites is 1. The first-order chi connectivity index (χ1) is 15.8. The number of carbonyl (C=O) groups excluding carboxylic acids is 1. The monoisotopic (exact) mass is 498 g/mol. The predicted molar refractivity (Wildman–Crippen MR) is 135 cm³/mol. The number of halogens is 1. The second-order valence-corrected chi connectivity index (χ2v) is 11.3. The summed E-state index contributed by atoms with van der Waals surface area (Å²) in [6.07, 6.45) is 0.327. The lowest BCUT2D eigenvalue weighted by atomic mass is 10.2. The topological polar surface area (TPSA) is 67.3 Å². The maximum Gasteiger partial charge on any atom is 0.229 e. The highest BCUT2D eigenvalue weighted by Gasteiger charge is 2.22. The van der Waals surface area contributed by atoms with E-state index in [1.165, 1.54) is 23.5 Å².